The standard InChI is InChI=1S/C30H36N2O3/c1-21(2)32(22(3)4)30(34)26-10-8-24(9-11-26)29(27-6-5-7-28(33)18-27)25-12-15-31(16-13-25)19-23-14-17-35-20-23/h5-11,14,17-18,20-22,33H,12-13,15-16,19H2,1-4H3. The highest BCUT2D eigenvalue weighted by molar-refractivity contribution is 5.95. The van der Waals surface area contributed by atoms with Gasteiger partial charge in [-0.1, -0.05) is 29.8 Å². The van der Waals surface area contributed by atoms with E-state index in [1.165, 1.54) is 11.1 Å². The van der Waals surface area contributed by atoms with Crippen LogP contribution in [0.3, 0.4) is 0 Å². The molecule has 1 aliphatic heterocycles. The Morgan fingerprint density at radius 2 is 1.60 bits per heavy atom. The lowest BCUT2D eigenvalue weighted by atomic mass is 9.88. The quantitative estimate of drug-likeness (QED) is 0.436. The van der Waals surface area contributed by atoms with E-state index in [2.05, 4.69) is 50.8 Å². The Labute approximate surface area is 208 Å². The first-order valence-corrected chi connectivity index (χ1v) is 12.5. The van der Waals surface area contributed by atoms with Gasteiger partial charge in [-0.05, 0) is 87.6 Å². The topological polar surface area (TPSA) is 56.9 Å². The molecule has 0 radical (unpaired) electrons. The van der Waals surface area contributed by atoms with Crippen molar-refractivity contribution in [2.75, 3.05) is 13.1 Å². The minimum atomic E-state index is 0.0562. The molecule has 184 valence electrons. The van der Waals surface area contributed by atoms with Crippen molar-refractivity contribution < 1.29 is 14.3 Å². The van der Waals surface area contributed by atoms with Gasteiger partial charge in [0.25, 0.3) is 5.91 Å². The molecule has 0 unspecified atom stereocenters. The zero-order valence-corrected chi connectivity index (χ0v) is 21.2. The molecule has 5 nitrogen and oxygen atoms in total. The Hall–Kier alpha value is -3.31. The van der Waals surface area contributed by atoms with Crippen LogP contribution in [0, 0.1) is 0 Å². The van der Waals surface area contributed by atoms with Gasteiger partial charge in [-0.2, -0.15) is 0 Å². The summed E-state index contributed by atoms with van der Waals surface area (Å²) in [4.78, 5) is 17.5. The van der Waals surface area contributed by atoms with Gasteiger partial charge in [-0.15, -0.1) is 0 Å². The number of amides is 1. The molecule has 35 heavy (non-hydrogen) atoms. The third kappa shape index (κ3) is 5.85. The molecule has 0 atom stereocenters. The van der Waals surface area contributed by atoms with Crippen LogP contribution in [0.5, 0.6) is 5.75 Å². The van der Waals surface area contributed by atoms with Crippen LogP contribution in [-0.2, 0) is 6.54 Å². The highest BCUT2D eigenvalue weighted by Crippen LogP contribution is 2.34. The third-order valence-corrected chi connectivity index (χ3v) is 6.70. The summed E-state index contributed by atoms with van der Waals surface area (Å²) in [6, 6.07) is 17.8. The molecule has 0 bridgehead atoms. The maximum Gasteiger partial charge on any atom is 0.254 e. The summed E-state index contributed by atoms with van der Waals surface area (Å²) in [6.07, 6.45) is 5.45. The summed E-state index contributed by atoms with van der Waals surface area (Å²) in [5, 5.41) is 10.2. The predicted molar refractivity (Wildman–Crippen MR) is 140 cm³/mol. The van der Waals surface area contributed by atoms with Gasteiger partial charge in [0.2, 0.25) is 0 Å². The van der Waals surface area contributed by atoms with E-state index in [1.807, 2.05) is 41.5 Å². The van der Waals surface area contributed by atoms with Gasteiger partial charge in [0.05, 0.1) is 12.5 Å². The molecule has 0 saturated carbocycles. The van der Waals surface area contributed by atoms with Crippen LogP contribution in [0.2, 0.25) is 0 Å². The fourth-order valence-electron chi connectivity index (χ4n) is 5.10. The first-order valence-electron chi connectivity index (χ1n) is 12.5. The molecular weight excluding hydrogens is 436 g/mol. The molecule has 1 N–H and O–H groups in total. The molecule has 0 aliphatic carbocycles. The molecule has 2 aromatic carbocycles. The molecular formula is C30H36N2O3. The second kappa shape index (κ2) is 11.0. The maximum absolute atomic E-state index is 13.2. The van der Waals surface area contributed by atoms with Crippen molar-refractivity contribution in [3.63, 3.8) is 0 Å². The number of piperidine rings is 1. The second-order valence-corrected chi connectivity index (χ2v) is 9.91. The number of phenols is 1. The molecule has 1 aromatic heterocycles. The first-order chi connectivity index (χ1) is 16.8. The zero-order valence-electron chi connectivity index (χ0n) is 21.2. The summed E-state index contributed by atoms with van der Waals surface area (Å²) in [6.45, 7) is 11.0. The van der Waals surface area contributed by atoms with Crippen LogP contribution in [0.4, 0.5) is 0 Å². The number of nitrogens with zero attached hydrogens (tertiary/aromatic N) is 2. The van der Waals surface area contributed by atoms with Crippen molar-refractivity contribution in [1.29, 1.82) is 0 Å². The molecule has 2 heterocycles. The minimum Gasteiger partial charge on any atom is -0.508 e. The van der Waals surface area contributed by atoms with Gasteiger partial charge in [-0.25, -0.2) is 0 Å². The van der Waals surface area contributed by atoms with Crippen LogP contribution in [0.15, 0.2) is 77.1 Å². The van der Waals surface area contributed by atoms with Crippen LogP contribution in [-0.4, -0.2) is 46.0 Å². The molecule has 1 aliphatic rings. The maximum atomic E-state index is 13.2. The fraction of sp³-hybridized carbons (Fsp3) is 0.367. The van der Waals surface area contributed by atoms with Crippen molar-refractivity contribution in [3.05, 3.63) is 95.0 Å². The summed E-state index contributed by atoms with van der Waals surface area (Å²) < 4.78 is 5.22. The fourth-order valence-corrected chi connectivity index (χ4v) is 5.10. The lowest BCUT2D eigenvalue weighted by molar-refractivity contribution is 0.0643. The number of likely N-dealkylation sites (tertiary alicyclic amines) is 1. The first kappa shape index (κ1) is 24.8. The van der Waals surface area contributed by atoms with Crippen LogP contribution >= 0.6 is 0 Å². The monoisotopic (exact) mass is 472 g/mol. The Kier molecular flexibility index (Phi) is 7.76. The largest absolute Gasteiger partial charge is 0.508 e. The zero-order chi connectivity index (χ0) is 24.9. The summed E-state index contributed by atoms with van der Waals surface area (Å²) in [5.41, 5.74) is 6.52. The normalized spacial score (nSPS) is 14.5. The van der Waals surface area contributed by atoms with E-state index in [-0.39, 0.29) is 23.7 Å². The van der Waals surface area contributed by atoms with E-state index in [0.717, 1.165) is 49.2 Å². The summed E-state index contributed by atoms with van der Waals surface area (Å²) in [5.74, 6) is 0.315. The number of hydrogen-bond acceptors (Lipinski definition) is 4. The highest BCUT2D eigenvalue weighted by Gasteiger charge is 2.23. The van der Waals surface area contributed by atoms with Crippen LogP contribution in [0.25, 0.3) is 5.57 Å². The SMILES string of the molecule is CC(C)N(C(=O)c1ccc(C(=C2CCN(Cc3ccoc3)CC2)c2cccc(O)c2)cc1)C(C)C. The number of benzene rings is 2. The van der Waals surface area contributed by atoms with Crippen molar-refractivity contribution in [2.45, 2.75) is 59.2 Å². The number of phenolic OH excluding ortho intramolecular Hbond substituents is 1. The Morgan fingerprint density at radius 1 is 0.943 bits per heavy atom. The van der Waals surface area contributed by atoms with Gasteiger partial charge in [0, 0.05) is 42.8 Å². The van der Waals surface area contributed by atoms with Gasteiger partial charge >= 0.3 is 0 Å². The lowest BCUT2D eigenvalue weighted by Gasteiger charge is -2.31. The molecule has 3 aromatic rings. The highest BCUT2D eigenvalue weighted by atomic mass is 16.3. The summed E-state index contributed by atoms with van der Waals surface area (Å²) in [7, 11) is 0. The van der Waals surface area contributed by atoms with E-state index >= 15 is 0 Å². The Morgan fingerprint density at radius 3 is 2.17 bits per heavy atom. The van der Waals surface area contributed by atoms with E-state index in [0.29, 0.717) is 5.56 Å². The number of aromatic hydroxyl groups is 1. The third-order valence-electron chi connectivity index (χ3n) is 6.70. The average Bonchev–Trinajstić information content (AvgIpc) is 3.33. The number of carbonyl (C=O) groups is 1. The van der Waals surface area contributed by atoms with Crippen molar-refractivity contribution in [1.82, 2.24) is 9.80 Å². The smallest absolute Gasteiger partial charge is 0.254 e. The van der Waals surface area contributed by atoms with Gasteiger partial charge in [0.1, 0.15) is 5.75 Å². The molecule has 1 amide bonds. The number of rotatable bonds is 7. The Balaban J connectivity index is 1.62. The van der Waals surface area contributed by atoms with Crippen LogP contribution < -0.4 is 0 Å². The van der Waals surface area contributed by atoms with Crippen molar-refractivity contribution in [2.24, 2.45) is 0 Å². The van der Waals surface area contributed by atoms with E-state index in [1.54, 1.807) is 12.3 Å². The molecule has 5 heteroatoms. The molecule has 4 rings (SSSR count). The number of hydrogen-bond donors (Lipinski definition) is 1. The number of furan rings is 1. The van der Waals surface area contributed by atoms with Gasteiger partial charge in [-0.3, -0.25) is 9.69 Å². The number of carbonyl (C=O) groups excluding carboxylic acids is 1. The molecule has 1 saturated heterocycles. The minimum absolute atomic E-state index is 0.0562. The van der Waals surface area contributed by atoms with Gasteiger partial charge < -0.3 is 14.4 Å². The second-order valence-electron chi connectivity index (χ2n) is 9.91. The van der Waals surface area contributed by atoms with E-state index in [4.69, 9.17) is 4.42 Å². The average molecular weight is 473 g/mol. The Bertz CT molecular complexity index is 1140. The van der Waals surface area contributed by atoms with Crippen molar-refractivity contribution >= 4 is 11.5 Å². The van der Waals surface area contributed by atoms with E-state index < -0.39 is 0 Å². The van der Waals surface area contributed by atoms with Crippen molar-refractivity contribution in [3.8, 4) is 5.75 Å². The predicted octanol–water partition coefficient (Wildman–Crippen LogP) is 6.34. The van der Waals surface area contributed by atoms with Gasteiger partial charge in [0.15, 0.2) is 0 Å². The summed E-state index contributed by atoms with van der Waals surface area (Å²) >= 11 is 0. The lowest BCUT2D eigenvalue weighted by Crippen LogP contribution is -2.42. The van der Waals surface area contributed by atoms with Crippen LogP contribution in [0.1, 0.15) is 67.6 Å². The molecule has 1 fully saturated rings. The van der Waals surface area contributed by atoms with E-state index in [9.17, 15) is 9.90 Å². The molecule has 0 spiro atoms.